The fraction of sp³-hybridized carbons (Fsp3) is 0.500. The van der Waals surface area contributed by atoms with E-state index in [0.29, 0.717) is 40.6 Å². The number of aromatic nitrogens is 3. The lowest BCUT2D eigenvalue weighted by atomic mass is 9.80. The SMILES string of the molecule is COc1ccc2nc(NC(=O)[C@@H](CC3CCCCC3)c3c(S(=O)(=O)C4CC4)cc[nH]c3=O)sc2n1. The van der Waals surface area contributed by atoms with Gasteiger partial charge in [-0.25, -0.2) is 18.4 Å². The molecule has 0 aromatic carbocycles. The zero-order chi connectivity index (χ0) is 24.6. The Morgan fingerprint density at radius 3 is 2.66 bits per heavy atom. The first-order chi connectivity index (χ1) is 16.9. The van der Waals surface area contributed by atoms with Crippen LogP contribution in [0.1, 0.15) is 62.8 Å². The number of rotatable bonds is 8. The minimum atomic E-state index is -3.68. The minimum Gasteiger partial charge on any atom is -0.481 e. The van der Waals surface area contributed by atoms with Crippen molar-refractivity contribution >= 4 is 42.6 Å². The van der Waals surface area contributed by atoms with E-state index in [-0.39, 0.29) is 16.4 Å². The van der Waals surface area contributed by atoms with Gasteiger partial charge in [0.05, 0.1) is 23.2 Å². The molecule has 186 valence electrons. The molecule has 9 nitrogen and oxygen atoms in total. The quantitative estimate of drug-likeness (QED) is 0.462. The Kier molecular flexibility index (Phi) is 6.63. The van der Waals surface area contributed by atoms with Gasteiger partial charge in [-0.2, -0.15) is 0 Å². The van der Waals surface area contributed by atoms with Crippen LogP contribution in [-0.4, -0.2) is 41.6 Å². The first-order valence-electron chi connectivity index (χ1n) is 11.9. The number of hydrogen-bond donors (Lipinski definition) is 2. The maximum absolute atomic E-state index is 13.7. The zero-order valence-corrected chi connectivity index (χ0v) is 21.1. The number of nitrogens with zero attached hydrogens (tertiary/aromatic N) is 2. The summed E-state index contributed by atoms with van der Waals surface area (Å²) in [6, 6.07) is 4.88. The second kappa shape index (κ2) is 9.69. The van der Waals surface area contributed by atoms with E-state index < -0.39 is 32.5 Å². The number of carbonyl (C=O) groups excluding carboxylic acids is 1. The second-order valence-electron chi connectivity index (χ2n) is 9.31. The van der Waals surface area contributed by atoms with Crippen LogP contribution >= 0.6 is 11.3 Å². The molecule has 35 heavy (non-hydrogen) atoms. The molecular weight excluding hydrogens is 488 g/mol. The van der Waals surface area contributed by atoms with Gasteiger partial charge >= 0.3 is 0 Å². The number of nitrogens with one attached hydrogen (secondary N) is 2. The number of pyridine rings is 2. The fourth-order valence-corrected chi connectivity index (χ4v) is 7.63. The van der Waals surface area contributed by atoms with Gasteiger partial charge in [0.25, 0.3) is 5.56 Å². The third-order valence-corrected chi connectivity index (χ3v) is 10.1. The monoisotopic (exact) mass is 516 g/mol. The van der Waals surface area contributed by atoms with Crippen LogP contribution in [0, 0.1) is 5.92 Å². The Morgan fingerprint density at radius 2 is 1.94 bits per heavy atom. The highest BCUT2D eigenvalue weighted by atomic mass is 32.2. The van der Waals surface area contributed by atoms with Gasteiger partial charge in [0, 0.05) is 17.8 Å². The number of ether oxygens (including phenoxy) is 1. The van der Waals surface area contributed by atoms with E-state index in [4.69, 9.17) is 4.74 Å². The molecule has 2 aliphatic rings. The van der Waals surface area contributed by atoms with Crippen molar-refractivity contribution in [3.63, 3.8) is 0 Å². The Balaban J connectivity index is 1.52. The number of aromatic amines is 1. The van der Waals surface area contributed by atoms with Gasteiger partial charge < -0.3 is 15.0 Å². The maximum Gasteiger partial charge on any atom is 0.253 e. The van der Waals surface area contributed by atoms with Crippen molar-refractivity contribution in [2.45, 2.75) is 67.4 Å². The highest BCUT2D eigenvalue weighted by Crippen LogP contribution is 2.39. The minimum absolute atomic E-state index is 0.0181. The van der Waals surface area contributed by atoms with E-state index in [1.165, 1.54) is 30.7 Å². The van der Waals surface area contributed by atoms with Gasteiger partial charge in [-0.3, -0.25) is 9.59 Å². The van der Waals surface area contributed by atoms with Crippen LogP contribution in [-0.2, 0) is 14.6 Å². The van der Waals surface area contributed by atoms with E-state index >= 15 is 0 Å². The summed E-state index contributed by atoms with van der Waals surface area (Å²) in [4.78, 5) is 38.7. The summed E-state index contributed by atoms with van der Waals surface area (Å²) in [5.74, 6) is -0.636. The van der Waals surface area contributed by atoms with Crippen molar-refractivity contribution in [1.82, 2.24) is 15.0 Å². The Morgan fingerprint density at radius 1 is 1.17 bits per heavy atom. The van der Waals surface area contributed by atoms with Crippen molar-refractivity contribution < 1.29 is 17.9 Å². The Hall–Kier alpha value is -2.79. The molecule has 0 bridgehead atoms. The molecule has 0 saturated heterocycles. The lowest BCUT2D eigenvalue weighted by Crippen LogP contribution is -2.31. The van der Waals surface area contributed by atoms with Crippen LogP contribution < -0.4 is 15.6 Å². The van der Waals surface area contributed by atoms with Crippen molar-refractivity contribution in [2.24, 2.45) is 5.92 Å². The molecule has 5 rings (SSSR count). The lowest BCUT2D eigenvalue weighted by molar-refractivity contribution is -0.118. The summed E-state index contributed by atoms with van der Waals surface area (Å²) in [5.41, 5.74) is 0.131. The third-order valence-electron chi connectivity index (χ3n) is 6.86. The average molecular weight is 517 g/mol. The molecule has 1 amide bonds. The highest BCUT2D eigenvalue weighted by Gasteiger charge is 2.41. The number of anilines is 1. The number of methoxy groups -OCH3 is 1. The summed E-state index contributed by atoms with van der Waals surface area (Å²) < 4.78 is 31.6. The predicted octanol–water partition coefficient (Wildman–Crippen LogP) is 4.02. The first-order valence-corrected chi connectivity index (χ1v) is 14.3. The van der Waals surface area contributed by atoms with E-state index in [2.05, 4.69) is 20.3 Å². The summed E-state index contributed by atoms with van der Waals surface area (Å²) in [7, 11) is -2.15. The Labute approximate surface area is 207 Å². The molecule has 3 aromatic rings. The zero-order valence-electron chi connectivity index (χ0n) is 19.5. The third kappa shape index (κ3) is 4.97. The molecular formula is C24H28N4O5S2. The normalized spacial score (nSPS) is 17.9. The van der Waals surface area contributed by atoms with Crippen LogP contribution in [0.2, 0.25) is 0 Å². The average Bonchev–Trinajstić information content (AvgIpc) is 3.64. The largest absolute Gasteiger partial charge is 0.481 e. The van der Waals surface area contributed by atoms with E-state index in [9.17, 15) is 18.0 Å². The summed E-state index contributed by atoms with van der Waals surface area (Å²) >= 11 is 1.20. The van der Waals surface area contributed by atoms with Gasteiger partial charge in [-0.05, 0) is 37.3 Å². The van der Waals surface area contributed by atoms with Gasteiger partial charge in [0.1, 0.15) is 10.3 Å². The number of fused-ring (bicyclic) bond motifs is 1. The lowest BCUT2D eigenvalue weighted by Gasteiger charge is -2.26. The molecule has 11 heteroatoms. The summed E-state index contributed by atoms with van der Waals surface area (Å²) in [6.45, 7) is 0. The fourth-order valence-electron chi connectivity index (χ4n) is 4.88. The van der Waals surface area contributed by atoms with Crippen molar-refractivity contribution in [2.75, 3.05) is 12.4 Å². The number of sulfone groups is 1. The van der Waals surface area contributed by atoms with Crippen molar-refractivity contribution in [3.8, 4) is 5.88 Å². The standard InChI is InChI=1S/C24H28N4O5S2/c1-33-19-10-9-17-23(27-19)34-24(26-17)28-21(29)16(13-14-5-3-2-4-6-14)20-18(11-12-25-22(20)30)35(31,32)15-7-8-15/h9-12,14-16H,2-8,13H2,1H3,(H,25,30)(H,26,28,29)/t16-/m0/s1. The molecule has 2 fully saturated rings. The van der Waals surface area contributed by atoms with Crippen molar-refractivity contribution in [1.29, 1.82) is 0 Å². The number of H-pyrrole nitrogens is 1. The van der Waals surface area contributed by atoms with E-state index in [0.717, 1.165) is 32.1 Å². The topological polar surface area (TPSA) is 131 Å². The summed E-state index contributed by atoms with van der Waals surface area (Å²) in [5, 5.41) is 2.71. The molecule has 0 spiro atoms. The molecule has 0 radical (unpaired) electrons. The number of hydrogen-bond acceptors (Lipinski definition) is 8. The van der Waals surface area contributed by atoms with Gasteiger partial charge in [-0.1, -0.05) is 43.4 Å². The van der Waals surface area contributed by atoms with Crippen LogP contribution in [0.4, 0.5) is 5.13 Å². The molecule has 2 aliphatic carbocycles. The summed E-state index contributed by atoms with van der Waals surface area (Å²) in [6.07, 6.45) is 8.15. The Bertz CT molecular complexity index is 1400. The van der Waals surface area contributed by atoms with Crippen LogP contribution in [0.5, 0.6) is 5.88 Å². The van der Waals surface area contributed by atoms with Gasteiger partial charge in [0.2, 0.25) is 11.8 Å². The predicted molar refractivity (Wildman–Crippen MR) is 134 cm³/mol. The number of thiazole rings is 1. The van der Waals surface area contributed by atoms with Crippen LogP contribution in [0.3, 0.4) is 0 Å². The smallest absolute Gasteiger partial charge is 0.253 e. The second-order valence-corrected chi connectivity index (χ2v) is 12.5. The van der Waals surface area contributed by atoms with Gasteiger partial charge in [-0.15, -0.1) is 0 Å². The number of amides is 1. The molecule has 0 aliphatic heterocycles. The molecule has 2 saturated carbocycles. The molecule has 3 aromatic heterocycles. The van der Waals surface area contributed by atoms with Crippen LogP contribution in [0.15, 0.2) is 34.1 Å². The maximum atomic E-state index is 13.7. The highest BCUT2D eigenvalue weighted by molar-refractivity contribution is 7.92. The van der Waals surface area contributed by atoms with Crippen molar-refractivity contribution in [3.05, 3.63) is 40.3 Å². The number of carbonyl (C=O) groups is 1. The van der Waals surface area contributed by atoms with E-state index in [1.54, 1.807) is 12.1 Å². The molecule has 3 heterocycles. The molecule has 1 atom stereocenters. The molecule has 2 N–H and O–H groups in total. The van der Waals surface area contributed by atoms with Crippen LogP contribution in [0.25, 0.3) is 10.3 Å². The first kappa shape index (κ1) is 23.9. The van der Waals surface area contributed by atoms with E-state index in [1.807, 2.05) is 0 Å². The van der Waals surface area contributed by atoms with Gasteiger partial charge in [0.15, 0.2) is 15.0 Å². The molecule has 0 unspecified atom stereocenters.